The van der Waals surface area contributed by atoms with Crippen LogP contribution in [0.3, 0.4) is 0 Å². The number of carbonyl (C=O) groups excluding carboxylic acids is 1. The molecule has 4 heteroatoms. The molecular formula is C11H22N2O2. The minimum atomic E-state index is 0.267. The lowest BCUT2D eigenvalue weighted by atomic mass is 10.2. The van der Waals surface area contributed by atoms with E-state index in [1.54, 1.807) is 0 Å². The Morgan fingerprint density at radius 2 is 2.07 bits per heavy atom. The summed E-state index contributed by atoms with van der Waals surface area (Å²) in [4.78, 5) is 13.6. The summed E-state index contributed by atoms with van der Waals surface area (Å²) in [6.45, 7) is 8.06. The molecule has 0 aromatic rings. The molecule has 0 atom stereocenters. The zero-order valence-corrected chi connectivity index (χ0v) is 9.79. The minimum Gasteiger partial charge on any atom is -0.378 e. The van der Waals surface area contributed by atoms with E-state index in [1.807, 2.05) is 4.90 Å². The number of nitrogens with zero attached hydrogens (tertiary/aromatic N) is 1. The zero-order valence-electron chi connectivity index (χ0n) is 9.79. The van der Waals surface area contributed by atoms with E-state index in [4.69, 9.17) is 4.74 Å². The van der Waals surface area contributed by atoms with Crippen LogP contribution in [0.1, 0.15) is 26.7 Å². The van der Waals surface area contributed by atoms with Gasteiger partial charge in [-0.1, -0.05) is 13.8 Å². The molecule has 0 radical (unpaired) electrons. The lowest BCUT2D eigenvalue weighted by molar-refractivity contribution is -0.135. The summed E-state index contributed by atoms with van der Waals surface area (Å²) in [6, 6.07) is 0.503. The van der Waals surface area contributed by atoms with E-state index >= 15 is 0 Å². The van der Waals surface area contributed by atoms with Crippen molar-refractivity contribution in [3.8, 4) is 0 Å². The molecule has 0 spiro atoms. The number of nitrogens with one attached hydrogen (secondary N) is 1. The molecule has 88 valence electrons. The molecule has 1 aliphatic heterocycles. The molecule has 1 saturated heterocycles. The van der Waals surface area contributed by atoms with Gasteiger partial charge in [0, 0.05) is 25.6 Å². The molecule has 1 amide bonds. The van der Waals surface area contributed by atoms with Gasteiger partial charge in [0.1, 0.15) is 0 Å². The van der Waals surface area contributed by atoms with Crippen molar-refractivity contribution in [3.63, 3.8) is 0 Å². The van der Waals surface area contributed by atoms with E-state index in [0.717, 1.165) is 26.1 Å². The maximum absolute atomic E-state index is 11.7. The van der Waals surface area contributed by atoms with Gasteiger partial charge in [0.05, 0.1) is 13.2 Å². The van der Waals surface area contributed by atoms with Crippen LogP contribution < -0.4 is 5.32 Å². The number of morpholine rings is 1. The van der Waals surface area contributed by atoms with Crippen LogP contribution in [0.25, 0.3) is 0 Å². The molecule has 0 aliphatic carbocycles. The molecule has 15 heavy (non-hydrogen) atoms. The van der Waals surface area contributed by atoms with Crippen LogP contribution in [-0.2, 0) is 9.53 Å². The first-order valence-corrected chi connectivity index (χ1v) is 5.79. The van der Waals surface area contributed by atoms with Crippen LogP contribution in [0.15, 0.2) is 0 Å². The molecule has 0 saturated carbocycles. The van der Waals surface area contributed by atoms with Gasteiger partial charge in [-0.25, -0.2) is 0 Å². The molecule has 0 bridgehead atoms. The Kier molecular flexibility index (Phi) is 5.65. The number of rotatable bonds is 5. The highest BCUT2D eigenvalue weighted by Gasteiger charge is 2.15. The number of hydrogen-bond donors (Lipinski definition) is 1. The second-order valence-electron chi connectivity index (χ2n) is 4.21. The van der Waals surface area contributed by atoms with Crippen molar-refractivity contribution in [2.24, 2.45) is 0 Å². The average molecular weight is 214 g/mol. The van der Waals surface area contributed by atoms with Crippen LogP contribution in [0.5, 0.6) is 0 Å². The summed E-state index contributed by atoms with van der Waals surface area (Å²) in [5.74, 6) is 0.267. The van der Waals surface area contributed by atoms with Gasteiger partial charge in [-0.2, -0.15) is 0 Å². The Bertz CT molecular complexity index is 189. The van der Waals surface area contributed by atoms with Gasteiger partial charge >= 0.3 is 0 Å². The van der Waals surface area contributed by atoms with Gasteiger partial charge in [-0.15, -0.1) is 0 Å². The largest absolute Gasteiger partial charge is 0.378 e. The molecule has 1 fully saturated rings. The predicted molar refractivity (Wildman–Crippen MR) is 59.8 cm³/mol. The number of amides is 1. The van der Waals surface area contributed by atoms with Crippen molar-refractivity contribution in [1.82, 2.24) is 10.2 Å². The maximum atomic E-state index is 11.7. The molecule has 0 aromatic heterocycles. The first-order valence-electron chi connectivity index (χ1n) is 5.79. The first kappa shape index (κ1) is 12.5. The van der Waals surface area contributed by atoms with Crippen LogP contribution >= 0.6 is 0 Å². The van der Waals surface area contributed by atoms with Crippen LogP contribution in [0.4, 0.5) is 0 Å². The normalized spacial score (nSPS) is 17.1. The summed E-state index contributed by atoms with van der Waals surface area (Å²) >= 11 is 0. The highest BCUT2D eigenvalue weighted by molar-refractivity contribution is 5.76. The number of carbonyl (C=O) groups is 1. The van der Waals surface area contributed by atoms with Crippen LogP contribution in [0, 0.1) is 0 Å². The van der Waals surface area contributed by atoms with Crippen molar-refractivity contribution in [2.45, 2.75) is 32.7 Å². The molecule has 1 aliphatic rings. The monoisotopic (exact) mass is 214 g/mol. The molecule has 1 heterocycles. The Morgan fingerprint density at radius 1 is 1.40 bits per heavy atom. The third kappa shape index (κ3) is 5.14. The fraction of sp³-hybridized carbons (Fsp3) is 0.909. The number of ether oxygens (including phenoxy) is 1. The Hall–Kier alpha value is -0.610. The van der Waals surface area contributed by atoms with Gasteiger partial charge in [0.25, 0.3) is 0 Å². The summed E-state index contributed by atoms with van der Waals surface area (Å²) in [5, 5.41) is 3.31. The standard InChI is InChI=1S/C11H22N2O2/c1-10(2)12-5-3-4-11(14)13-6-8-15-9-7-13/h10,12H,3-9H2,1-2H3. The molecule has 0 unspecified atom stereocenters. The second-order valence-corrected chi connectivity index (χ2v) is 4.21. The maximum Gasteiger partial charge on any atom is 0.222 e. The van der Waals surface area contributed by atoms with Gasteiger partial charge in [-0.05, 0) is 13.0 Å². The quantitative estimate of drug-likeness (QED) is 0.682. The lowest BCUT2D eigenvalue weighted by Crippen LogP contribution is -2.40. The molecule has 1 N–H and O–H groups in total. The van der Waals surface area contributed by atoms with Crippen molar-refractivity contribution in [1.29, 1.82) is 0 Å². The molecular weight excluding hydrogens is 192 g/mol. The minimum absolute atomic E-state index is 0.267. The van der Waals surface area contributed by atoms with Crippen molar-refractivity contribution in [2.75, 3.05) is 32.8 Å². The predicted octanol–water partition coefficient (Wildman–Crippen LogP) is 0.623. The van der Waals surface area contributed by atoms with Crippen LogP contribution in [-0.4, -0.2) is 49.7 Å². The van der Waals surface area contributed by atoms with Gasteiger partial charge < -0.3 is 15.0 Å². The third-order valence-electron chi connectivity index (χ3n) is 2.48. The van der Waals surface area contributed by atoms with Crippen molar-refractivity contribution >= 4 is 5.91 Å². The molecule has 4 nitrogen and oxygen atoms in total. The Balaban J connectivity index is 2.07. The summed E-state index contributed by atoms with van der Waals surface area (Å²) in [6.07, 6.45) is 1.58. The smallest absolute Gasteiger partial charge is 0.222 e. The first-order chi connectivity index (χ1) is 7.20. The van der Waals surface area contributed by atoms with E-state index in [0.29, 0.717) is 25.7 Å². The number of hydrogen-bond acceptors (Lipinski definition) is 3. The second kappa shape index (κ2) is 6.80. The van der Waals surface area contributed by atoms with Gasteiger partial charge in [-0.3, -0.25) is 4.79 Å². The van der Waals surface area contributed by atoms with E-state index in [-0.39, 0.29) is 5.91 Å². The highest BCUT2D eigenvalue weighted by atomic mass is 16.5. The fourth-order valence-corrected chi connectivity index (χ4v) is 1.60. The highest BCUT2D eigenvalue weighted by Crippen LogP contribution is 2.01. The third-order valence-corrected chi connectivity index (χ3v) is 2.48. The lowest BCUT2D eigenvalue weighted by Gasteiger charge is -2.26. The zero-order chi connectivity index (χ0) is 11.1. The SMILES string of the molecule is CC(C)NCCCC(=O)N1CCOCC1. The average Bonchev–Trinajstić information content (AvgIpc) is 2.25. The Morgan fingerprint density at radius 3 is 2.67 bits per heavy atom. The van der Waals surface area contributed by atoms with E-state index in [9.17, 15) is 4.79 Å². The molecule has 0 aromatic carbocycles. The van der Waals surface area contributed by atoms with Crippen LogP contribution in [0.2, 0.25) is 0 Å². The summed E-state index contributed by atoms with van der Waals surface area (Å²) in [7, 11) is 0. The van der Waals surface area contributed by atoms with Crippen molar-refractivity contribution in [3.05, 3.63) is 0 Å². The van der Waals surface area contributed by atoms with Crippen molar-refractivity contribution < 1.29 is 9.53 Å². The van der Waals surface area contributed by atoms with Gasteiger partial charge in [0.2, 0.25) is 5.91 Å². The van der Waals surface area contributed by atoms with E-state index < -0.39 is 0 Å². The Labute approximate surface area is 92.0 Å². The molecule has 1 rings (SSSR count). The summed E-state index contributed by atoms with van der Waals surface area (Å²) < 4.78 is 5.20. The van der Waals surface area contributed by atoms with E-state index in [1.165, 1.54) is 0 Å². The fourth-order valence-electron chi connectivity index (χ4n) is 1.60. The van der Waals surface area contributed by atoms with Gasteiger partial charge in [0.15, 0.2) is 0 Å². The topological polar surface area (TPSA) is 41.6 Å². The summed E-state index contributed by atoms with van der Waals surface area (Å²) in [5.41, 5.74) is 0. The van der Waals surface area contributed by atoms with E-state index in [2.05, 4.69) is 19.2 Å².